The minimum atomic E-state index is 0.540. The first-order chi connectivity index (χ1) is 11.1. The first-order valence-corrected chi connectivity index (χ1v) is 8.25. The number of anilines is 2. The van der Waals surface area contributed by atoms with Gasteiger partial charge in [-0.05, 0) is 27.9 Å². The third-order valence-electron chi connectivity index (χ3n) is 4.72. The van der Waals surface area contributed by atoms with Gasteiger partial charge in [0.1, 0.15) is 5.75 Å². The lowest BCUT2D eigenvalue weighted by molar-refractivity contribution is -0.120. The van der Waals surface area contributed by atoms with Gasteiger partial charge in [0.2, 0.25) is 0 Å². The van der Waals surface area contributed by atoms with Crippen LogP contribution in [-0.4, -0.2) is 56.8 Å². The molecule has 23 heavy (non-hydrogen) atoms. The summed E-state index contributed by atoms with van der Waals surface area (Å²) in [6, 6.07) is 2.05. The molecule has 2 heterocycles. The highest BCUT2D eigenvalue weighted by atomic mass is 16.5. The van der Waals surface area contributed by atoms with Crippen LogP contribution in [0.2, 0.25) is 0 Å². The molecule has 0 saturated heterocycles. The Kier molecular flexibility index (Phi) is 4.46. The molecule has 0 aromatic heterocycles. The molecule has 0 spiro atoms. The monoisotopic (exact) mass is 318 g/mol. The predicted octanol–water partition coefficient (Wildman–Crippen LogP) is 1.68. The molecule has 0 fully saturated rings. The van der Waals surface area contributed by atoms with Crippen molar-refractivity contribution in [1.82, 2.24) is 9.80 Å². The number of benzene rings is 1. The molecule has 0 bridgehead atoms. The summed E-state index contributed by atoms with van der Waals surface area (Å²) in [7, 11) is 4.25. The Bertz CT molecular complexity index is 605. The van der Waals surface area contributed by atoms with E-state index in [1.54, 1.807) is 0 Å². The molecule has 1 aromatic carbocycles. The van der Waals surface area contributed by atoms with Crippen LogP contribution in [-0.2, 0) is 17.9 Å². The number of carbonyl (C=O) groups is 1. The van der Waals surface area contributed by atoms with Crippen LogP contribution >= 0.6 is 0 Å². The van der Waals surface area contributed by atoms with Gasteiger partial charge in [-0.2, -0.15) is 0 Å². The summed E-state index contributed by atoms with van der Waals surface area (Å²) in [5.74, 6) is 0.696. The van der Waals surface area contributed by atoms with Crippen molar-refractivity contribution < 1.29 is 9.53 Å². The summed E-state index contributed by atoms with van der Waals surface area (Å²) in [4.78, 5) is 20.3. The number of hydrogen-bond donors (Lipinski definition) is 0. The van der Waals surface area contributed by atoms with E-state index in [0.29, 0.717) is 12.2 Å². The fourth-order valence-electron chi connectivity index (χ4n) is 3.75. The molecule has 1 aromatic rings. The average molecular weight is 318 g/mol. The van der Waals surface area contributed by atoms with Crippen molar-refractivity contribution in [3.63, 3.8) is 0 Å². The van der Waals surface area contributed by atoms with Gasteiger partial charge in [-0.3, -0.25) is 14.6 Å². The van der Waals surface area contributed by atoms with Crippen molar-refractivity contribution in [3.05, 3.63) is 17.2 Å². The number of hydrogen-bond acceptors (Lipinski definition) is 6. The number of nitrogens with zero attached hydrogens (tertiary/aromatic N) is 4. The average Bonchev–Trinajstić information content (AvgIpc) is 2.54. The van der Waals surface area contributed by atoms with Gasteiger partial charge in [0.15, 0.2) is 0 Å². The second kappa shape index (κ2) is 6.37. The zero-order valence-corrected chi connectivity index (χ0v) is 14.5. The first kappa shape index (κ1) is 16.1. The van der Waals surface area contributed by atoms with E-state index in [1.807, 2.05) is 6.07 Å². The van der Waals surface area contributed by atoms with Gasteiger partial charge in [0.25, 0.3) is 6.47 Å². The molecule has 126 valence electrons. The van der Waals surface area contributed by atoms with Crippen molar-refractivity contribution in [2.75, 3.05) is 50.3 Å². The van der Waals surface area contributed by atoms with E-state index in [4.69, 9.17) is 4.74 Å². The second-order valence-corrected chi connectivity index (χ2v) is 6.44. The van der Waals surface area contributed by atoms with E-state index in [0.717, 1.165) is 45.1 Å². The topological polar surface area (TPSA) is 39.3 Å². The van der Waals surface area contributed by atoms with Crippen molar-refractivity contribution in [3.8, 4) is 5.75 Å². The van der Waals surface area contributed by atoms with Gasteiger partial charge >= 0.3 is 0 Å². The molecular weight excluding hydrogens is 292 g/mol. The summed E-state index contributed by atoms with van der Waals surface area (Å²) in [6.45, 7) is 10.3. The molecule has 0 unspecified atom stereocenters. The molecular formula is C17H26N4O2. The summed E-state index contributed by atoms with van der Waals surface area (Å²) >= 11 is 0. The van der Waals surface area contributed by atoms with Crippen LogP contribution in [0.3, 0.4) is 0 Å². The summed E-state index contributed by atoms with van der Waals surface area (Å²) in [5.41, 5.74) is 4.93. The van der Waals surface area contributed by atoms with Gasteiger partial charge in [-0.15, -0.1) is 0 Å². The molecule has 2 aliphatic heterocycles. The third-order valence-corrected chi connectivity index (χ3v) is 4.72. The van der Waals surface area contributed by atoms with Crippen LogP contribution in [0.1, 0.15) is 25.0 Å². The molecule has 3 rings (SSSR count). The Labute approximate surface area is 138 Å². The fraction of sp³-hybridized carbons (Fsp3) is 0.588. The van der Waals surface area contributed by atoms with Gasteiger partial charge < -0.3 is 14.5 Å². The highest BCUT2D eigenvalue weighted by Gasteiger charge is 2.31. The largest absolute Gasteiger partial charge is 0.428 e. The SMILES string of the molecule is CCN1CN(C)Cc2c1cc(OC=O)c1c2N(CC)CN(C)C1. The molecule has 6 heteroatoms. The van der Waals surface area contributed by atoms with E-state index >= 15 is 0 Å². The Balaban J connectivity index is 2.22. The second-order valence-electron chi connectivity index (χ2n) is 6.44. The molecule has 2 aliphatic rings. The van der Waals surface area contributed by atoms with E-state index in [1.165, 1.54) is 16.9 Å². The van der Waals surface area contributed by atoms with Gasteiger partial charge in [0, 0.05) is 49.1 Å². The molecule has 0 aliphatic carbocycles. The summed E-state index contributed by atoms with van der Waals surface area (Å²) < 4.78 is 5.36. The maximum Gasteiger partial charge on any atom is 0.298 e. The van der Waals surface area contributed by atoms with Gasteiger partial charge in [-0.1, -0.05) is 0 Å². The quantitative estimate of drug-likeness (QED) is 0.787. The maximum absolute atomic E-state index is 11.0. The lowest BCUT2D eigenvalue weighted by Gasteiger charge is -2.43. The minimum Gasteiger partial charge on any atom is -0.428 e. The Morgan fingerprint density at radius 1 is 1.04 bits per heavy atom. The standard InChI is InChI=1S/C17H26N4O2/c1-5-20-10-18(3)8-13-15(20)7-16(23-12-22)14-9-19(4)11-21(6-2)17(13)14/h7,12H,5-6,8-11H2,1-4H3. The van der Waals surface area contributed by atoms with Crippen LogP contribution in [0.4, 0.5) is 11.4 Å². The zero-order chi connectivity index (χ0) is 16.6. The number of fused-ring (bicyclic) bond motifs is 3. The van der Waals surface area contributed by atoms with Crippen molar-refractivity contribution in [2.24, 2.45) is 0 Å². The molecule has 0 atom stereocenters. The maximum atomic E-state index is 11.0. The predicted molar refractivity (Wildman–Crippen MR) is 91.8 cm³/mol. The van der Waals surface area contributed by atoms with E-state index in [2.05, 4.69) is 47.5 Å². The Morgan fingerprint density at radius 2 is 1.65 bits per heavy atom. The van der Waals surface area contributed by atoms with Gasteiger partial charge in [-0.25, -0.2) is 0 Å². The fourth-order valence-corrected chi connectivity index (χ4v) is 3.75. The van der Waals surface area contributed by atoms with Crippen molar-refractivity contribution in [2.45, 2.75) is 26.9 Å². The molecule has 0 N–H and O–H groups in total. The van der Waals surface area contributed by atoms with Crippen LogP contribution in [0.5, 0.6) is 5.75 Å². The zero-order valence-electron chi connectivity index (χ0n) is 14.5. The summed E-state index contributed by atoms with van der Waals surface area (Å²) in [6.07, 6.45) is 0. The normalized spacial score (nSPS) is 18.6. The molecule has 0 radical (unpaired) electrons. The number of ether oxygens (including phenoxy) is 1. The lowest BCUT2D eigenvalue weighted by atomic mass is 9.97. The van der Waals surface area contributed by atoms with Gasteiger partial charge in [0.05, 0.1) is 19.0 Å². The van der Waals surface area contributed by atoms with Crippen LogP contribution in [0, 0.1) is 0 Å². The summed E-state index contributed by atoms with van der Waals surface area (Å²) in [5, 5.41) is 0. The highest BCUT2D eigenvalue weighted by Crippen LogP contribution is 2.44. The number of rotatable bonds is 4. The smallest absolute Gasteiger partial charge is 0.298 e. The lowest BCUT2D eigenvalue weighted by Crippen LogP contribution is -2.44. The molecule has 6 nitrogen and oxygen atoms in total. The Morgan fingerprint density at radius 3 is 2.26 bits per heavy atom. The minimum absolute atomic E-state index is 0.540. The molecule has 0 saturated carbocycles. The first-order valence-electron chi connectivity index (χ1n) is 8.25. The third kappa shape index (κ3) is 2.77. The van der Waals surface area contributed by atoms with E-state index in [-0.39, 0.29) is 0 Å². The highest BCUT2D eigenvalue weighted by molar-refractivity contribution is 5.77. The van der Waals surface area contributed by atoms with E-state index in [9.17, 15) is 4.79 Å². The number of carbonyl (C=O) groups excluding carboxylic acids is 1. The van der Waals surface area contributed by atoms with Crippen molar-refractivity contribution in [1.29, 1.82) is 0 Å². The van der Waals surface area contributed by atoms with E-state index < -0.39 is 0 Å². The van der Waals surface area contributed by atoms with Crippen LogP contribution in [0.25, 0.3) is 0 Å². The molecule has 0 amide bonds. The van der Waals surface area contributed by atoms with Crippen LogP contribution in [0.15, 0.2) is 6.07 Å². The Hall–Kier alpha value is -1.79. The van der Waals surface area contributed by atoms with Crippen LogP contribution < -0.4 is 14.5 Å². The van der Waals surface area contributed by atoms with Crippen molar-refractivity contribution >= 4 is 17.8 Å².